The number of hydrogen-bond acceptors (Lipinski definition) is 4. The molecular formula is C7H9N3O2. The number of nitro groups is 1. The van der Waals surface area contributed by atoms with E-state index in [0.717, 1.165) is 0 Å². The molecule has 1 rings (SSSR count). The van der Waals surface area contributed by atoms with E-state index in [4.69, 9.17) is 5.84 Å². The van der Waals surface area contributed by atoms with Crippen LogP contribution in [-0.4, -0.2) is 4.92 Å². The fraction of sp³-hybridized carbons (Fsp3) is 0.143. The molecule has 0 aliphatic rings. The highest BCUT2D eigenvalue weighted by Crippen LogP contribution is 2.10. The molecule has 1 unspecified atom stereocenters. The molecule has 5 nitrogen and oxygen atoms in total. The third-order valence-corrected chi connectivity index (χ3v) is 1.48. The number of rotatable bonds is 3. The third-order valence-electron chi connectivity index (χ3n) is 1.48. The molecular weight excluding hydrogens is 158 g/mol. The van der Waals surface area contributed by atoms with Gasteiger partial charge < -0.3 is 0 Å². The van der Waals surface area contributed by atoms with E-state index in [1.54, 1.807) is 30.3 Å². The molecule has 0 saturated heterocycles. The van der Waals surface area contributed by atoms with Gasteiger partial charge in [0.1, 0.15) is 0 Å². The van der Waals surface area contributed by atoms with E-state index in [9.17, 15) is 10.1 Å². The number of hydrazine groups is 1. The zero-order valence-electron chi connectivity index (χ0n) is 6.31. The number of nitrogens with one attached hydrogen (secondary N) is 1. The van der Waals surface area contributed by atoms with Gasteiger partial charge in [0, 0.05) is 10.5 Å². The summed E-state index contributed by atoms with van der Waals surface area (Å²) in [6.45, 7) is 0. The predicted molar refractivity (Wildman–Crippen MR) is 43.5 cm³/mol. The van der Waals surface area contributed by atoms with E-state index in [-0.39, 0.29) is 0 Å². The van der Waals surface area contributed by atoms with Crippen molar-refractivity contribution in [3.05, 3.63) is 46.0 Å². The molecule has 0 amide bonds. The van der Waals surface area contributed by atoms with Crippen LogP contribution in [0.4, 0.5) is 0 Å². The minimum atomic E-state index is -1.02. The van der Waals surface area contributed by atoms with Gasteiger partial charge in [-0.3, -0.25) is 16.0 Å². The maximum absolute atomic E-state index is 10.4. The molecule has 12 heavy (non-hydrogen) atoms. The summed E-state index contributed by atoms with van der Waals surface area (Å²) in [5, 5.41) is 10.4. The molecule has 0 bridgehead atoms. The standard InChI is InChI=1S/C7H9N3O2/c8-9-7(10(11)12)6-4-2-1-3-5-6/h1-5,7,9H,8H2. The number of nitrogens with zero attached hydrogens (tertiary/aromatic N) is 1. The lowest BCUT2D eigenvalue weighted by Crippen LogP contribution is -2.33. The van der Waals surface area contributed by atoms with Crippen molar-refractivity contribution in [3.63, 3.8) is 0 Å². The van der Waals surface area contributed by atoms with Crippen LogP contribution in [0.1, 0.15) is 11.7 Å². The highest BCUT2D eigenvalue weighted by atomic mass is 16.6. The van der Waals surface area contributed by atoms with Crippen LogP contribution in [0.2, 0.25) is 0 Å². The molecule has 5 heteroatoms. The Morgan fingerprint density at radius 1 is 1.42 bits per heavy atom. The molecule has 3 N–H and O–H groups in total. The second-order valence-electron chi connectivity index (χ2n) is 2.27. The molecule has 1 aromatic carbocycles. The maximum Gasteiger partial charge on any atom is 0.303 e. The van der Waals surface area contributed by atoms with Crippen molar-refractivity contribution in [2.75, 3.05) is 0 Å². The Labute approximate surface area is 69.3 Å². The van der Waals surface area contributed by atoms with E-state index in [2.05, 4.69) is 5.43 Å². The Hall–Kier alpha value is -1.46. The van der Waals surface area contributed by atoms with Crippen molar-refractivity contribution < 1.29 is 4.92 Å². The summed E-state index contributed by atoms with van der Waals surface area (Å²) in [5.41, 5.74) is 2.66. The van der Waals surface area contributed by atoms with Crippen molar-refractivity contribution in [1.82, 2.24) is 5.43 Å². The van der Waals surface area contributed by atoms with Crippen LogP contribution in [0.3, 0.4) is 0 Å². The van der Waals surface area contributed by atoms with Crippen molar-refractivity contribution in [2.24, 2.45) is 5.84 Å². The van der Waals surface area contributed by atoms with Gasteiger partial charge >= 0.3 is 6.17 Å². The van der Waals surface area contributed by atoms with E-state index in [1.165, 1.54) is 0 Å². The lowest BCUT2D eigenvalue weighted by Gasteiger charge is -2.06. The summed E-state index contributed by atoms with van der Waals surface area (Å²) in [7, 11) is 0. The first-order valence-electron chi connectivity index (χ1n) is 3.40. The molecule has 0 spiro atoms. The second kappa shape index (κ2) is 3.80. The maximum atomic E-state index is 10.4. The van der Waals surface area contributed by atoms with E-state index < -0.39 is 11.1 Å². The molecule has 0 radical (unpaired) electrons. The van der Waals surface area contributed by atoms with E-state index >= 15 is 0 Å². The highest BCUT2D eigenvalue weighted by Gasteiger charge is 2.19. The summed E-state index contributed by atoms with van der Waals surface area (Å²) in [5.74, 6) is 5.01. The van der Waals surface area contributed by atoms with Crippen LogP contribution < -0.4 is 11.3 Å². The Morgan fingerprint density at radius 2 is 2.00 bits per heavy atom. The SMILES string of the molecule is NNC(c1ccccc1)[N+](=O)[O-]. The minimum Gasteiger partial charge on any atom is -0.266 e. The highest BCUT2D eigenvalue weighted by molar-refractivity contribution is 5.16. The smallest absolute Gasteiger partial charge is 0.266 e. The number of hydrogen-bond donors (Lipinski definition) is 2. The molecule has 0 aromatic heterocycles. The molecule has 1 aromatic rings. The van der Waals surface area contributed by atoms with Crippen LogP contribution in [0.15, 0.2) is 30.3 Å². The molecule has 1 atom stereocenters. The minimum absolute atomic E-state index is 0.477. The van der Waals surface area contributed by atoms with Crippen LogP contribution in [-0.2, 0) is 0 Å². The topological polar surface area (TPSA) is 81.2 Å². The van der Waals surface area contributed by atoms with Gasteiger partial charge in [0.25, 0.3) is 0 Å². The van der Waals surface area contributed by atoms with Crippen LogP contribution in [0.25, 0.3) is 0 Å². The third kappa shape index (κ3) is 1.77. The van der Waals surface area contributed by atoms with Gasteiger partial charge in [-0.25, -0.2) is 0 Å². The Morgan fingerprint density at radius 3 is 2.42 bits per heavy atom. The van der Waals surface area contributed by atoms with Crippen LogP contribution in [0, 0.1) is 10.1 Å². The molecule has 0 aliphatic carbocycles. The predicted octanol–water partition coefficient (Wildman–Crippen LogP) is 0.425. The lowest BCUT2D eigenvalue weighted by atomic mass is 10.2. The molecule has 64 valence electrons. The summed E-state index contributed by atoms with van der Waals surface area (Å²) in [6, 6.07) is 8.53. The molecule has 0 heterocycles. The van der Waals surface area contributed by atoms with E-state index in [0.29, 0.717) is 5.56 Å². The van der Waals surface area contributed by atoms with Crippen molar-refractivity contribution in [3.8, 4) is 0 Å². The molecule has 0 fully saturated rings. The molecule has 0 aliphatic heterocycles. The van der Waals surface area contributed by atoms with E-state index in [1.807, 2.05) is 0 Å². The average molecular weight is 167 g/mol. The quantitative estimate of drug-likeness (QED) is 0.296. The zero-order valence-corrected chi connectivity index (χ0v) is 6.31. The first kappa shape index (κ1) is 8.63. The summed E-state index contributed by atoms with van der Waals surface area (Å²) in [4.78, 5) is 9.92. The van der Waals surface area contributed by atoms with Crippen LogP contribution >= 0.6 is 0 Å². The second-order valence-corrected chi connectivity index (χ2v) is 2.27. The van der Waals surface area contributed by atoms with Gasteiger partial charge in [-0.15, -0.1) is 0 Å². The Kier molecular flexibility index (Phi) is 2.73. The summed E-state index contributed by atoms with van der Waals surface area (Å²) in [6.07, 6.45) is -1.02. The summed E-state index contributed by atoms with van der Waals surface area (Å²) >= 11 is 0. The summed E-state index contributed by atoms with van der Waals surface area (Å²) < 4.78 is 0. The monoisotopic (exact) mass is 167 g/mol. The van der Waals surface area contributed by atoms with Gasteiger partial charge in [-0.05, 0) is 0 Å². The van der Waals surface area contributed by atoms with Gasteiger partial charge in [-0.2, -0.15) is 5.43 Å². The first-order valence-corrected chi connectivity index (χ1v) is 3.40. The average Bonchev–Trinajstić information content (AvgIpc) is 2.07. The van der Waals surface area contributed by atoms with Gasteiger partial charge in [0.15, 0.2) is 0 Å². The fourth-order valence-electron chi connectivity index (χ4n) is 0.914. The fourth-order valence-corrected chi connectivity index (χ4v) is 0.914. The molecule has 0 saturated carbocycles. The Balaban J connectivity index is 2.88. The number of nitrogens with two attached hydrogens (primary N) is 1. The van der Waals surface area contributed by atoms with Crippen LogP contribution in [0.5, 0.6) is 0 Å². The largest absolute Gasteiger partial charge is 0.303 e. The van der Waals surface area contributed by atoms with Crippen molar-refractivity contribution in [1.29, 1.82) is 0 Å². The van der Waals surface area contributed by atoms with Crippen molar-refractivity contribution in [2.45, 2.75) is 6.17 Å². The van der Waals surface area contributed by atoms with Gasteiger partial charge in [0.2, 0.25) is 0 Å². The Bertz CT molecular complexity index is 263. The van der Waals surface area contributed by atoms with Crippen molar-refractivity contribution >= 4 is 0 Å². The normalized spacial score (nSPS) is 12.4. The first-order chi connectivity index (χ1) is 5.75. The lowest BCUT2D eigenvalue weighted by molar-refractivity contribution is -0.536. The number of benzene rings is 1. The zero-order chi connectivity index (χ0) is 8.97. The van der Waals surface area contributed by atoms with Gasteiger partial charge in [0.05, 0.1) is 0 Å². The van der Waals surface area contributed by atoms with Gasteiger partial charge in [-0.1, -0.05) is 30.3 Å².